The Balaban J connectivity index is 1.42. The fourth-order valence-electron chi connectivity index (χ4n) is 3.25. The van der Waals surface area contributed by atoms with Gasteiger partial charge in [0.2, 0.25) is 5.91 Å². The molecule has 0 N–H and O–H groups in total. The number of esters is 1. The van der Waals surface area contributed by atoms with Gasteiger partial charge in [0.15, 0.2) is 0 Å². The van der Waals surface area contributed by atoms with Gasteiger partial charge < -0.3 is 9.64 Å². The Kier molecular flexibility index (Phi) is 5.21. The van der Waals surface area contributed by atoms with Gasteiger partial charge in [0.1, 0.15) is 10.8 Å². The number of aromatic nitrogens is 1. The van der Waals surface area contributed by atoms with Crippen LogP contribution in [0, 0.1) is 6.92 Å². The third-order valence-electron chi connectivity index (χ3n) is 4.58. The van der Waals surface area contributed by atoms with Crippen molar-refractivity contribution in [2.45, 2.75) is 26.2 Å². The van der Waals surface area contributed by atoms with E-state index in [1.165, 1.54) is 16.9 Å². The summed E-state index contributed by atoms with van der Waals surface area (Å²) < 4.78 is 5.48. The number of hydrogen-bond donors (Lipinski definition) is 0. The van der Waals surface area contributed by atoms with Crippen molar-refractivity contribution < 1.29 is 14.3 Å². The number of aryl methyl sites for hydroxylation is 1. The molecule has 5 nitrogen and oxygen atoms in total. The summed E-state index contributed by atoms with van der Waals surface area (Å²) in [5.41, 5.74) is 3.68. The minimum Gasteiger partial charge on any atom is -0.426 e. The van der Waals surface area contributed by atoms with E-state index < -0.39 is 0 Å². The fourth-order valence-corrected chi connectivity index (χ4v) is 4.07. The molecule has 0 aliphatic carbocycles. The van der Waals surface area contributed by atoms with Gasteiger partial charge in [-0.1, -0.05) is 29.8 Å². The third kappa shape index (κ3) is 4.12. The molecule has 1 aliphatic heterocycles. The van der Waals surface area contributed by atoms with E-state index in [1.807, 2.05) is 36.6 Å². The van der Waals surface area contributed by atoms with Crippen molar-refractivity contribution in [3.8, 4) is 16.3 Å². The summed E-state index contributed by atoms with van der Waals surface area (Å²) >= 11 is 1.52. The lowest BCUT2D eigenvalue weighted by Gasteiger charge is -2.16. The summed E-state index contributed by atoms with van der Waals surface area (Å²) in [6.07, 6.45) is 1.53. The SMILES string of the molecule is Cc1cccc(-c2nc(CC(=O)Oc3cccc(N4CCCC4=O)c3)cs2)c1. The number of thiazole rings is 1. The number of amides is 1. The van der Waals surface area contributed by atoms with Gasteiger partial charge in [-0.3, -0.25) is 9.59 Å². The Hall–Kier alpha value is -2.99. The smallest absolute Gasteiger partial charge is 0.317 e. The highest BCUT2D eigenvalue weighted by Crippen LogP contribution is 2.27. The molecule has 1 fully saturated rings. The highest BCUT2D eigenvalue weighted by molar-refractivity contribution is 7.13. The summed E-state index contributed by atoms with van der Waals surface area (Å²) in [6.45, 7) is 2.75. The normalized spacial score (nSPS) is 13.8. The molecule has 1 aromatic heterocycles. The van der Waals surface area contributed by atoms with Crippen LogP contribution in [-0.2, 0) is 16.0 Å². The lowest BCUT2D eigenvalue weighted by Crippen LogP contribution is -2.23. The molecule has 0 bridgehead atoms. The average molecular weight is 392 g/mol. The van der Waals surface area contributed by atoms with Crippen LogP contribution in [0.4, 0.5) is 5.69 Å². The zero-order valence-electron chi connectivity index (χ0n) is 15.6. The van der Waals surface area contributed by atoms with Gasteiger partial charge in [-0.25, -0.2) is 4.98 Å². The maximum absolute atomic E-state index is 12.3. The zero-order chi connectivity index (χ0) is 19.5. The van der Waals surface area contributed by atoms with Gasteiger partial charge in [-0.15, -0.1) is 11.3 Å². The van der Waals surface area contributed by atoms with Crippen LogP contribution in [0.15, 0.2) is 53.9 Å². The summed E-state index contributed by atoms with van der Waals surface area (Å²) in [5, 5.41) is 2.78. The summed E-state index contributed by atoms with van der Waals surface area (Å²) in [4.78, 5) is 30.5. The molecule has 0 atom stereocenters. The van der Waals surface area contributed by atoms with E-state index >= 15 is 0 Å². The number of rotatable bonds is 5. The lowest BCUT2D eigenvalue weighted by molar-refractivity contribution is -0.133. The van der Waals surface area contributed by atoms with Crippen molar-refractivity contribution in [1.82, 2.24) is 4.98 Å². The molecule has 1 aliphatic rings. The summed E-state index contributed by atoms with van der Waals surface area (Å²) in [6, 6.07) is 15.2. The highest BCUT2D eigenvalue weighted by Gasteiger charge is 2.22. The predicted molar refractivity (Wildman–Crippen MR) is 110 cm³/mol. The first-order valence-corrected chi connectivity index (χ1v) is 10.1. The second-order valence-corrected chi connectivity index (χ2v) is 7.67. The van der Waals surface area contributed by atoms with Gasteiger partial charge >= 0.3 is 5.97 Å². The third-order valence-corrected chi connectivity index (χ3v) is 5.52. The van der Waals surface area contributed by atoms with Crippen LogP contribution in [0.25, 0.3) is 10.6 Å². The molecule has 1 saturated heterocycles. The Bertz CT molecular complexity index is 1030. The monoisotopic (exact) mass is 392 g/mol. The molecule has 2 heterocycles. The van der Waals surface area contributed by atoms with E-state index in [9.17, 15) is 9.59 Å². The molecular formula is C22H20N2O3S. The molecule has 0 saturated carbocycles. The van der Waals surface area contributed by atoms with Gasteiger partial charge in [-0.05, 0) is 31.5 Å². The number of nitrogens with zero attached hydrogens (tertiary/aromatic N) is 2. The van der Waals surface area contributed by atoms with E-state index in [1.54, 1.807) is 23.1 Å². The molecule has 1 amide bonds. The van der Waals surface area contributed by atoms with Crippen molar-refractivity contribution in [2.24, 2.45) is 0 Å². The first-order valence-electron chi connectivity index (χ1n) is 9.21. The topological polar surface area (TPSA) is 59.5 Å². The molecule has 0 radical (unpaired) electrons. The van der Waals surface area contributed by atoms with E-state index in [0.29, 0.717) is 24.4 Å². The van der Waals surface area contributed by atoms with Crippen LogP contribution in [0.2, 0.25) is 0 Å². The Morgan fingerprint density at radius 1 is 1.21 bits per heavy atom. The minimum atomic E-state index is -0.369. The predicted octanol–water partition coefficient (Wildman–Crippen LogP) is 4.39. The van der Waals surface area contributed by atoms with E-state index in [4.69, 9.17) is 4.74 Å². The van der Waals surface area contributed by atoms with Crippen molar-refractivity contribution in [1.29, 1.82) is 0 Å². The first-order chi connectivity index (χ1) is 13.6. The second kappa shape index (κ2) is 7.94. The van der Waals surface area contributed by atoms with Crippen LogP contribution in [0.3, 0.4) is 0 Å². The molecule has 0 spiro atoms. The molecule has 28 heavy (non-hydrogen) atoms. The lowest BCUT2D eigenvalue weighted by atomic mass is 10.1. The number of ether oxygens (including phenoxy) is 1. The van der Waals surface area contributed by atoms with Gasteiger partial charge in [-0.2, -0.15) is 0 Å². The van der Waals surface area contributed by atoms with Gasteiger partial charge in [0.25, 0.3) is 0 Å². The van der Waals surface area contributed by atoms with Gasteiger partial charge in [0, 0.05) is 35.7 Å². The van der Waals surface area contributed by atoms with Crippen molar-refractivity contribution in [3.05, 3.63) is 65.2 Å². The summed E-state index contributed by atoms with van der Waals surface area (Å²) in [7, 11) is 0. The molecule has 142 valence electrons. The Morgan fingerprint density at radius 3 is 2.86 bits per heavy atom. The average Bonchev–Trinajstić information content (AvgIpc) is 3.31. The van der Waals surface area contributed by atoms with E-state index in [0.717, 1.165) is 22.7 Å². The minimum absolute atomic E-state index is 0.106. The first kappa shape index (κ1) is 18.4. The van der Waals surface area contributed by atoms with Crippen molar-refractivity contribution in [3.63, 3.8) is 0 Å². The Labute approximate surface area is 167 Å². The Morgan fingerprint density at radius 2 is 2.07 bits per heavy atom. The van der Waals surface area contributed by atoms with Crippen LogP contribution in [0.5, 0.6) is 5.75 Å². The molecular weight excluding hydrogens is 372 g/mol. The number of carbonyl (C=O) groups is 2. The molecule has 6 heteroatoms. The van der Waals surface area contributed by atoms with Gasteiger partial charge in [0.05, 0.1) is 12.1 Å². The van der Waals surface area contributed by atoms with Crippen LogP contribution < -0.4 is 9.64 Å². The van der Waals surface area contributed by atoms with Crippen LogP contribution >= 0.6 is 11.3 Å². The number of anilines is 1. The number of hydrogen-bond acceptors (Lipinski definition) is 5. The fraction of sp³-hybridized carbons (Fsp3) is 0.227. The van der Waals surface area contributed by atoms with Crippen LogP contribution in [0.1, 0.15) is 24.1 Å². The molecule has 0 unspecified atom stereocenters. The number of benzene rings is 2. The zero-order valence-corrected chi connectivity index (χ0v) is 16.4. The molecule has 3 aromatic rings. The maximum Gasteiger partial charge on any atom is 0.317 e. The van der Waals surface area contributed by atoms with Crippen molar-refractivity contribution in [2.75, 3.05) is 11.4 Å². The largest absolute Gasteiger partial charge is 0.426 e. The van der Waals surface area contributed by atoms with Crippen LogP contribution in [-0.4, -0.2) is 23.4 Å². The second-order valence-electron chi connectivity index (χ2n) is 6.81. The quantitative estimate of drug-likeness (QED) is 0.477. The standard InChI is InChI=1S/C22H20N2O3S/c1-15-5-2-6-16(11-15)22-23-17(14-28-22)12-21(26)27-19-8-3-7-18(13-19)24-10-4-9-20(24)25/h2-3,5-8,11,13-14H,4,9-10,12H2,1H3. The van der Waals surface area contributed by atoms with E-state index in [2.05, 4.69) is 11.1 Å². The molecule has 2 aromatic carbocycles. The van der Waals surface area contributed by atoms with Crippen molar-refractivity contribution >= 4 is 28.9 Å². The summed E-state index contributed by atoms with van der Waals surface area (Å²) in [5.74, 6) is 0.178. The maximum atomic E-state index is 12.3. The number of carbonyl (C=O) groups excluding carboxylic acids is 2. The molecule has 4 rings (SSSR count). The van der Waals surface area contributed by atoms with E-state index in [-0.39, 0.29) is 18.3 Å². The highest BCUT2D eigenvalue weighted by atomic mass is 32.1.